The van der Waals surface area contributed by atoms with Gasteiger partial charge in [0, 0.05) is 0 Å². The number of benzene rings is 1. The van der Waals surface area contributed by atoms with E-state index in [0.717, 1.165) is 6.07 Å². The van der Waals surface area contributed by atoms with E-state index in [9.17, 15) is 13.2 Å². The molecule has 0 aromatic heterocycles. The van der Waals surface area contributed by atoms with Crippen LogP contribution in [0.5, 0.6) is 5.75 Å². The zero-order valence-corrected chi connectivity index (χ0v) is 9.23. The van der Waals surface area contributed by atoms with E-state index < -0.39 is 11.7 Å². The number of alkyl halides is 3. The number of hydrogen-bond acceptors (Lipinski definition) is 1. The molecule has 0 aliphatic heterocycles. The Morgan fingerprint density at radius 2 is 2.07 bits per heavy atom. The van der Waals surface area contributed by atoms with Crippen molar-refractivity contribution in [3.05, 3.63) is 40.9 Å². The molecule has 0 atom stereocenters. The Morgan fingerprint density at radius 1 is 1.40 bits per heavy atom. The number of ether oxygens (including phenoxy) is 1. The third-order valence-corrected chi connectivity index (χ3v) is 2.44. The first-order chi connectivity index (χ1) is 6.96. The van der Waals surface area contributed by atoms with Gasteiger partial charge in [0.1, 0.15) is 12.4 Å². The molecule has 0 radical (unpaired) electrons. The normalized spacial score (nSPS) is 11.2. The van der Waals surface area contributed by atoms with Crippen molar-refractivity contribution in [2.24, 2.45) is 0 Å². The van der Waals surface area contributed by atoms with E-state index in [-0.39, 0.29) is 16.8 Å². The molecule has 0 aliphatic rings. The highest BCUT2D eigenvalue weighted by Crippen LogP contribution is 2.39. The van der Waals surface area contributed by atoms with Crippen molar-refractivity contribution < 1.29 is 17.9 Å². The Labute approximate surface area is 93.7 Å². The maximum absolute atomic E-state index is 12.4. The van der Waals surface area contributed by atoms with Gasteiger partial charge < -0.3 is 4.74 Å². The van der Waals surface area contributed by atoms with Gasteiger partial charge in [0.15, 0.2) is 0 Å². The average Bonchev–Trinajstić information content (AvgIpc) is 2.14. The van der Waals surface area contributed by atoms with Crippen LogP contribution < -0.4 is 4.74 Å². The SMILES string of the molecule is C=CCOc1cccc(C(F)(F)F)c1Br. The lowest BCUT2D eigenvalue weighted by molar-refractivity contribution is -0.138. The van der Waals surface area contributed by atoms with Gasteiger partial charge in [0.05, 0.1) is 10.0 Å². The van der Waals surface area contributed by atoms with Gasteiger partial charge in [0.25, 0.3) is 0 Å². The van der Waals surface area contributed by atoms with Gasteiger partial charge in [-0.05, 0) is 28.1 Å². The van der Waals surface area contributed by atoms with Crippen LogP contribution in [-0.4, -0.2) is 6.61 Å². The Kier molecular flexibility index (Phi) is 3.79. The molecule has 0 saturated heterocycles. The average molecular weight is 281 g/mol. The van der Waals surface area contributed by atoms with E-state index in [1.54, 1.807) is 0 Å². The zero-order valence-electron chi connectivity index (χ0n) is 7.64. The van der Waals surface area contributed by atoms with Crippen molar-refractivity contribution >= 4 is 15.9 Å². The van der Waals surface area contributed by atoms with Crippen LogP contribution in [-0.2, 0) is 6.18 Å². The molecule has 0 heterocycles. The fraction of sp³-hybridized carbons (Fsp3) is 0.200. The van der Waals surface area contributed by atoms with Gasteiger partial charge in [-0.3, -0.25) is 0 Å². The summed E-state index contributed by atoms with van der Waals surface area (Å²) >= 11 is 2.87. The van der Waals surface area contributed by atoms with Gasteiger partial charge in [-0.1, -0.05) is 18.7 Å². The molecule has 1 aromatic rings. The number of hydrogen-bond donors (Lipinski definition) is 0. The summed E-state index contributed by atoms with van der Waals surface area (Å²) in [4.78, 5) is 0. The van der Waals surface area contributed by atoms with Gasteiger partial charge in [-0.15, -0.1) is 0 Å². The van der Waals surface area contributed by atoms with E-state index >= 15 is 0 Å². The largest absolute Gasteiger partial charge is 0.488 e. The monoisotopic (exact) mass is 280 g/mol. The summed E-state index contributed by atoms with van der Waals surface area (Å²) in [7, 11) is 0. The minimum absolute atomic E-state index is 0.0839. The fourth-order valence-corrected chi connectivity index (χ4v) is 1.59. The first-order valence-corrected chi connectivity index (χ1v) is 4.85. The number of halogens is 4. The van der Waals surface area contributed by atoms with Gasteiger partial charge >= 0.3 is 6.18 Å². The van der Waals surface area contributed by atoms with Crippen molar-refractivity contribution in [1.82, 2.24) is 0 Å². The summed E-state index contributed by atoms with van der Waals surface area (Å²) in [5, 5.41) is 0. The lowest BCUT2D eigenvalue weighted by atomic mass is 10.2. The summed E-state index contributed by atoms with van der Waals surface area (Å²) in [6.45, 7) is 3.58. The third kappa shape index (κ3) is 2.99. The molecule has 15 heavy (non-hydrogen) atoms. The Balaban J connectivity index is 3.06. The molecule has 82 valence electrons. The Bertz CT molecular complexity index is 360. The smallest absolute Gasteiger partial charge is 0.417 e. The van der Waals surface area contributed by atoms with Crippen LogP contribution in [0.15, 0.2) is 35.3 Å². The molecule has 0 fully saturated rings. The van der Waals surface area contributed by atoms with E-state index in [2.05, 4.69) is 22.5 Å². The van der Waals surface area contributed by atoms with Crippen LogP contribution in [0.2, 0.25) is 0 Å². The first-order valence-electron chi connectivity index (χ1n) is 4.06. The zero-order chi connectivity index (χ0) is 11.5. The highest BCUT2D eigenvalue weighted by molar-refractivity contribution is 9.10. The molecule has 0 bridgehead atoms. The molecule has 0 N–H and O–H groups in total. The second-order valence-electron chi connectivity index (χ2n) is 2.72. The van der Waals surface area contributed by atoms with Crippen LogP contribution in [0.4, 0.5) is 13.2 Å². The lowest BCUT2D eigenvalue weighted by Gasteiger charge is -2.12. The van der Waals surface area contributed by atoms with Crippen LogP contribution in [0.3, 0.4) is 0 Å². The maximum Gasteiger partial charge on any atom is 0.417 e. The van der Waals surface area contributed by atoms with E-state index in [4.69, 9.17) is 4.74 Å². The third-order valence-electron chi connectivity index (χ3n) is 1.63. The van der Waals surface area contributed by atoms with Crippen LogP contribution >= 0.6 is 15.9 Å². The molecule has 1 rings (SSSR count). The first kappa shape index (κ1) is 12.1. The summed E-state index contributed by atoms with van der Waals surface area (Å²) in [6.07, 6.45) is -2.92. The minimum Gasteiger partial charge on any atom is -0.488 e. The maximum atomic E-state index is 12.4. The van der Waals surface area contributed by atoms with Crippen LogP contribution in [0, 0.1) is 0 Å². The predicted octanol–water partition coefficient (Wildman–Crippen LogP) is 4.03. The van der Waals surface area contributed by atoms with E-state index in [1.807, 2.05) is 0 Å². The quantitative estimate of drug-likeness (QED) is 0.760. The lowest BCUT2D eigenvalue weighted by Crippen LogP contribution is -2.07. The molecular weight excluding hydrogens is 273 g/mol. The van der Waals surface area contributed by atoms with Crippen molar-refractivity contribution in [1.29, 1.82) is 0 Å². The topological polar surface area (TPSA) is 9.23 Å². The minimum atomic E-state index is -4.38. The second kappa shape index (κ2) is 4.70. The van der Waals surface area contributed by atoms with Crippen LogP contribution in [0.1, 0.15) is 5.56 Å². The molecule has 1 nitrogen and oxygen atoms in total. The van der Waals surface area contributed by atoms with Crippen molar-refractivity contribution in [3.8, 4) is 5.75 Å². The second-order valence-corrected chi connectivity index (χ2v) is 3.51. The van der Waals surface area contributed by atoms with Gasteiger partial charge in [-0.2, -0.15) is 13.2 Å². The standard InChI is InChI=1S/C10H8BrF3O/c1-2-6-15-8-5-3-4-7(9(8)11)10(12,13)14/h2-5H,1,6H2. The van der Waals surface area contributed by atoms with E-state index in [0.29, 0.717) is 0 Å². The summed E-state index contributed by atoms with van der Waals surface area (Å²) in [5.74, 6) is 0.157. The van der Waals surface area contributed by atoms with Crippen molar-refractivity contribution in [3.63, 3.8) is 0 Å². The fourth-order valence-electron chi connectivity index (χ4n) is 0.990. The van der Waals surface area contributed by atoms with Crippen molar-refractivity contribution in [2.75, 3.05) is 6.61 Å². The highest BCUT2D eigenvalue weighted by Gasteiger charge is 2.33. The number of rotatable bonds is 3. The van der Waals surface area contributed by atoms with E-state index in [1.165, 1.54) is 18.2 Å². The summed E-state index contributed by atoms with van der Waals surface area (Å²) < 4.78 is 42.3. The molecule has 5 heteroatoms. The van der Waals surface area contributed by atoms with Crippen molar-refractivity contribution in [2.45, 2.75) is 6.18 Å². The van der Waals surface area contributed by atoms with Crippen LogP contribution in [0.25, 0.3) is 0 Å². The molecule has 0 spiro atoms. The Morgan fingerprint density at radius 3 is 2.60 bits per heavy atom. The molecule has 1 aromatic carbocycles. The molecule has 0 aliphatic carbocycles. The molecular formula is C10H8BrF3O. The molecule has 0 saturated carbocycles. The van der Waals surface area contributed by atoms with Gasteiger partial charge in [-0.25, -0.2) is 0 Å². The predicted molar refractivity (Wildman–Crippen MR) is 54.8 cm³/mol. The molecule has 0 unspecified atom stereocenters. The summed E-state index contributed by atoms with van der Waals surface area (Å²) in [5.41, 5.74) is -0.746. The molecule has 0 amide bonds. The summed E-state index contributed by atoms with van der Waals surface area (Å²) in [6, 6.07) is 3.75. The highest BCUT2D eigenvalue weighted by atomic mass is 79.9. The Hall–Kier alpha value is -0.970. The van der Waals surface area contributed by atoms with Gasteiger partial charge in [0.2, 0.25) is 0 Å².